The summed E-state index contributed by atoms with van der Waals surface area (Å²) in [5.74, 6) is -4.15. The molecule has 0 bridgehead atoms. The second kappa shape index (κ2) is 5.27. The summed E-state index contributed by atoms with van der Waals surface area (Å²) < 4.78 is 0. The molecule has 0 aromatic heterocycles. The molecular formula is C7H10O8. The van der Waals surface area contributed by atoms with E-state index in [0.717, 1.165) is 6.92 Å². The molecule has 0 radical (unpaired) electrons. The van der Waals surface area contributed by atoms with Crippen LogP contribution in [0.2, 0.25) is 0 Å². The van der Waals surface area contributed by atoms with E-state index >= 15 is 0 Å². The largest absolute Gasteiger partial charge is 0.481 e. The lowest BCUT2D eigenvalue weighted by atomic mass is 10.0. The zero-order chi connectivity index (χ0) is 12.1. The minimum absolute atomic E-state index is 0.849. The fourth-order valence-corrected chi connectivity index (χ4v) is 0.648. The maximum Gasteiger partial charge on any atom is 0.339 e. The molecular weight excluding hydrogens is 212 g/mol. The fraction of sp³-hybridized carbons (Fsp3) is 0.571. The first-order chi connectivity index (χ1) is 6.78. The second-order valence-electron chi connectivity index (χ2n) is 2.74. The molecule has 0 aromatic carbocycles. The molecule has 8 nitrogen and oxygen atoms in total. The molecule has 0 aliphatic rings. The van der Waals surface area contributed by atoms with Crippen molar-refractivity contribution in [2.45, 2.75) is 18.9 Å². The molecule has 0 amide bonds. The Bertz CT molecular complexity index is 272. The van der Waals surface area contributed by atoms with Crippen LogP contribution in [0.25, 0.3) is 0 Å². The molecule has 86 valence electrons. The van der Waals surface area contributed by atoms with Gasteiger partial charge >= 0.3 is 17.9 Å². The van der Waals surface area contributed by atoms with Gasteiger partial charge in [0.05, 0.1) is 6.42 Å². The second-order valence-corrected chi connectivity index (χ2v) is 2.74. The number of aliphatic carboxylic acids is 2. The summed E-state index contributed by atoms with van der Waals surface area (Å²) in [6.45, 7) is 0.0330. The van der Waals surface area contributed by atoms with Crippen molar-refractivity contribution in [3.63, 3.8) is 0 Å². The minimum Gasteiger partial charge on any atom is -0.481 e. The summed E-state index contributed by atoms with van der Waals surface area (Å²) in [5, 5.41) is 26.1. The van der Waals surface area contributed by atoms with Gasteiger partial charge in [-0.3, -0.25) is 9.68 Å². The molecule has 1 atom stereocenters. The maximum absolute atomic E-state index is 10.5. The molecule has 8 heteroatoms. The predicted molar refractivity (Wildman–Crippen MR) is 42.6 cm³/mol. The van der Waals surface area contributed by atoms with Crippen molar-refractivity contribution >= 4 is 17.9 Å². The molecule has 1 unspecified atom stereocenters. The highest BCUT2D eigenvalue weighted by atomic mass is 17.2. The average molecular weight is 222 g/mol. The highest BCUT2D eigenvalue weighted by molar-refractivity contribution is 5.83. The van der Waals surface area contributed by atoms with Crippen molar-refractivity contribution < 1.29 is 39.5 Å². The number of aliphatic hydroxyl groups is 1. The Kier molecular flexibility index (Phi) is 4.68. The number of hydrogen-bond acceptors (Lipinski definition) is 6. The summed E-state index contributed by atoms with van der Waals surface area (Å²) >= 11 is 0. The van der Waals surface area contributed by atoms with Gasteiger partial charge in [-0.2, -0.15) is 4.89 Å². The minimum atomic E-state index is -2.62. The molecule has 3 N–H and O–H groups in total. The van der Waals surface area contributed by atoms with E-state index in [-0.39, 0.29) is 0 Å². The number of hydrogen-bond donors (Lipinski definition) is 3. The van der Waals surface area contributed by atoms with E-state index in [0.29, 0.717) is 0 Å². The van der Waals surface area contributed by atoms with Crippen molar-refractivity contribution in [2.75, 3.05) is 6.61 Å². The number of carbonyl (C=O) groups is 3. The smallest absolute Gasteiger partial charge is 0.339 e. The Morgan fingerprint density at radius 3 is 2.13 bits per heavy atom. The first-order valence-corrected chi connectivity index (χ1v) is 3.75. The monoisotopic (exact) mass is 222 g/mol. The Morgan fingerprint density at radius 1 is 1.27 bits per heavy atom. The van der Waals surface area contributed by atoms with Gasteiger partial charge in [-0.05, 0) is 0 Å². The quantitative estimate of drug-likeness (QED) is 0.376. The molecule has 0 heterocycles. The molecule has 0 aliphatic carbocycles. The maximum atomic E-state index is 10.5. The summed E-state index contributed by atoms with van der Waals surface area (Å²) in [6, 6.07) is 0. The van der Waals surface area contributed by atoms with E-state index in [4.69, 9.17) is 10.2 Å². The topological polar surface area (TPSA) is 130 Å². The zero-order valence-electron chi connectivity index (χ0n) is 7.80. The van der Waals surface area contributed by atoms with Crippen LogP contribution in [0, 0.1) is 0 Å². The van der Waals surface area contributed by atoms with Crippen LogP contribution in [-0.4, -0.2) is 45.4 Å². The first-order valence-electron chi connectivity index (χ1n) is 3.75. The van der Waals surface area contributed by atoms with E-state index in [1.165, 1.54) is 0 Å². The molecule has 0 saturated carbocycles. The van der Waals surface area contributed by atoms with Crippen LogP contribution < -0.4 is 0 Å². The molecule has 0 aliphatic heterocycles. The normalized spacial score (nSPS) is 14.0. The standard InChI is InChI=1S/C7H10O8/c1-4(8)15-14-3-7(13,6(11)12)2-5(9)10/h13H,2-3H2,1H3,(H,9,10)(H,11,12). The lowest BCUT2D eigenvalue weighted by Crippen LogP contribution is -2.45. The molecule has 0 saturated heterocycles. The summed E-state index contributed by atoms with van der Waals surface area (Å²) in [4.78, 5) is 39.0. The van der Waals surface area contributed by atoms with Crippen LogP contribution in [0.4, 0.5) is 0 Å². The van der Waals surface area contributed by atoms with Gasteiger partial charge < -0.3 is 15.3 Å². The number of carboxylic acid groups (broad SMARTS) is 2. The van der Waals surface area contributed by atoms with Crippen LogP contribution in [0.3, 0.4) is 0 Å². The van der Waals surface area contributed by atoms with Gasteiger partial charge in [0.15, 0.2) is 5.60 Å². The van der Waals surface area contributed by atoms with Crippen molar-refractivity contribution in [1.82, 2.24) is 0 Å². The van der Waals surface area contributed by atoms with Gasteiger partial charge in [0.2, 0.25) is 0 Å². The van der Waals surface area contributed by atoms with Crippen LogP contribution in [-0.2, 0) is 24.2 Å². The number of carbonyl (C=O) groups excluding carboxylic acids is 1. The van der Waals surface area contributed by atoms with Gasteiger partial charge in [-0.25, -0.2) is 9.59 Å². The number of carboxylic acids is 2. The lowest BCUT2D eigenvalue weighted by molar-refractivity contribution is -0.290. The highest BCUT2D eigenvalue weighted by Crippen LogP contribution is 2.11. The molecule has 0 spiro atoms. The molecule has 15 heavy (non-hydrogen) atoms. The van der Waals surface area contributed by atoms with E-state index in [1.807, 2.05) is 0 Å². The summed E-state index contributed by atoms with van der Waals surface area (Å²) in [5.41, 5.74) is -2.62. The third kappa shape index (κ3) is 4.93. The third-order valence-corrected chi connectivity index (χ3v) is 1.32. The zero-order valence-corrected chi connectivity index (χ0v) is 7.80. The van der Waals surface area contributed by atoms with Crippen molar-refractivity contribution in [3.05, 3.63) is 0 Å². The predicted octanol–water partition coefficient (Wildman–Crippen LogP) is -1.23. The third-order valence-electron chi connectivity index (χ3n) is 1.32. The summed E-state index contributed by atoms with van der Waals surface area (Å²) in [7, 11) is 0. The van der Waals surface area contributed by atoms with Gasteiger partial charge in [0.1, 0.15) is 6.61 Å². The van der Waals surface area contributed by atoms with Crippen LogP contribution >= 0.6 is 0 Å². The lowest BCUT2D eigenvalue weighted by Gasteiger charge is -2.19. The molecule has 0 aromatic rings. The van der Waals surface area contributed by atoms with Crippen LogP contribution in [0.15, 0.2) is 0 Å². The van der Waals surface area contributed by atoms with Gasteiger partial charge in [0, 0.05) is 6.92 Å². The van der Waals surface area contributed by atoms with E-state index in [2.05, 4.69) is 9.78 Å². The molecule has 0 rings (SSSR count). The van der Waals surface area contributed by atoms with Gasteiger partial charge in [-0.1, -0.05) is 0 Å². The Labute approximate surface area is 84.0 Å². The SMILES string of the molecule is CC(=O)OOCC(O)(CC(=O)O)C(=O)O. The van der Waals surface area contributed by atoms with Gasteiger partial charge in [0.25, 0.3) is 0 Å². The average Bonchev–Trinajstić information content (AvgIpc) is 2.01. The van der Waals surface area contributed by atoms with Gasteiger partial charge in [-0.15, -0.1) is 0 Å². The first kappa shape index (κ1) is 13.3. The fourth-order valence-electron chi connectivity index (χ4n) is 0.648. The summed E-state index contributed by atoms with van der Waals surface area (Å²) in [6.07, 6.45) is -1.07. The van der Waals surface area contributed by atoms with Crippen molar-refractivity contribution in [2.24, 2.45) is 0 Å². The van der Waals surface area contributed by atoms with E-state index < -0.39 is 36.5 Å². The van der Waals surface area contributed by atoms with E-state index in [9.17, 15) is 19.5 Å². The Balaban J connectivity index is 4.32. The van der Waals surface area contributed by atoms with E-state index in [1.54, 1.807) is 0 Å². The Hall–Kier alpha value is -1.67. The highest BCUT2D eigenvalue weighted by Gasteiger charge is 2.40. The van der Waals surface area contributed by atoms with Crippen LogP contribution in [0.5, 0.6) is 0 Å². The Morgan fingerprint density at radius 2 is 1.80 bits per heavy atom. The van der Waals surface area contributed by atoms with Crippen LogP contribution in [0.1, 0.15) is 13.3 Å². The van der Waals surface area contributed by atoms with Crippen molar-refractivity contribution in [1.29, 1.82) is 0 Å². The van der Waals surface area contributed by atoms with Crippen molar-refractivity contribution in [3.8, 4) is 0 Å². The molecule has 0 fully saturated rings. The number of rotatable bonds is 6.